The molecule has 1 aliphatic rings. The van der Waals surface area contributed by atoms with Crippen LogP contribution in [0.15, 0.2) is 36.5 Å². The number of anilines is 1. The van der Waals surface area contributed by atoms with Gasteiger partial charge in [-0.05, 0) is 61.8 Å². The summed E-state index contributed by atoms with van der Waals surface area (Å²) in [7, 11) is 1.68. The highest BCUT2D eigenvalue weighted by atomic mass is 16.6. The molecule has 6 nitrogen and oxygen atoms in total. The number of nitrogens with zero attached hydrogens (tertiary/aromatic N) is 3. The van der Waals surface area contributed by atoms with Crippen LogP contribution in [-0.4, -0.2) is 30.1 Å². The monoisotopic (exact) mass is 355 g/mol. The van der Waals surface area contributed by atoms with E-state index < -0.39 is 4.92 Å². The number of nitro groups is 1. The Morgan fingerprint density at radius 1 is 1.27 bits per heavy atom. The number of ether oxygens (including phenoxy) is 1. The predicted octanol–water partition coefficient (Wildman–Crippen LogP) is 4.16. The maximum Gasteiger partial charge on any atom is 0.287 e. The molecule has 2 heterocycles. The van der Waals surface area contributed by atoms with E-state index in [1.165, 1.54) is 18.2 Å². The first kappa shape index (κ1) is 18.2. The van der Waals surface area contributed by atoms with Gasteiger partial charge in [-0.3, -0.25) is 10.1 Å². The van der Waals surface area contributed by atoms with Crippen LogP contribution in [0.1, 0.15) is 30.4 Å². The largest absolute Gasteiger partial charge is 0.497 e. The first-order valence-electron chi connectivity index (χ1n) is 9.05. The number of hydrogen-bond acceptors (Lipinski definition) is 5. The summed E-state index contributed by atoms with van der Waals surface area (Å²) in [6, 6.07) is 9.91. The summed E-state index contributed by atoms with van der Waals surface area (Å²) in [6.45, 7) is 3.81. The maximum atomic E-state index is 10.9. The van der Waals surface area contributed by atoms with E-state index >= 15 is 0 Å². The highest BCUT2D eigenvalue weighted by molar-refractivity contribution is 5.50. The van der Waals surface area contributed by atoms with Gasteiger partial charge in [-0.25, -0.2) is 4.98 Å². The summed E-state index contributed by atoms with van der Waals surface area (Å²) in [5, 5.41) is 10.9. The normalized spacial score (nSPS) is 15.1. The SMILES string of the molecule is COc1ccc(CCC2CCN(c3ncc([N+](=O)[O-])cc3C)CC2)cc1. The fourth-order valence-corrected chi connectivity index (χ4v) is 3.58. The molecule has 0 N–H and O–H groups in total. The lowest BCUT2D eigenvalue weighted by Gasteiger charge is -2.33. The van der Waals surface area contributed by atoms with Crippen molar-refractivity contribution in [3.63, 3.8) is 0 Å². The minimum atomic E-state index is -0.394. The molecule has 6 heteroatoms. The Morgan fingerprint density at radius 3 is 2.54 bits per heavy atom. The van der Waals surface area contributed by atoms with E-state index in [-0.39, 0.29) is 5.69 Å². The Kier molecular flexibility index (Phi) is 5.71. The number of pyridine rings is 1. The van der Waals surface area contributed by atoms with Crippen LogP contribution in [0.4, 0.5) is 11.5 Å². The highest BCUT2D eigenvalue weighted by Gasteiger charge is 2.22. The zero-order valence-corrected chi connectivity index (χ0v) is 15.4. The van der Waals surface area contributed by atoms with Crippen LogP contribution in [0.25, 0.3) is 0 Å². The number of rotatable bonds is 6. The fourth-order valence-electron chi connectivity index (χ4n) is 3.58. The Hall–Kier alpha value is -2.63. The third-order valence-corrected chi connectivity index (χ3v) is 5.16. The topological polar surface area (TPSA) is 68.5 Å². The van der Waals surface area contributed by atoms with Crippen LogP contribution in [-0.2, 0) is 6.42 Å². The lowest BCUT2D eigenvalue weighted by molar-refractivity contribution is -0.385. The molecular weight excluding hydrogens is 330 g/mol. The van der Waals surface area contributed by atoms with Gasteiger partial charge >= 0.3 is 0 Å². The minimum absolute atomic E-state index is 0.0561. The van der Waals surface area contributed by atoms with Gasteiger partial charge in [0.05, 0.1) is 12.0 Å². The zero-order chi connectivity index (χ0) is 18.5. The maximum absolute atomic E-state index is 10.9. The third-order valence-electron chi connectivity index (χ3n) is 5.16. The van der Waals surface area contributed by atoms with Gasteiger partial charge in [-0.15, -0.1) is 0 Å². The number of hydrogen-bond donors (Lipinski definition) is 0. The van der Waals surface area contributed by atoms with E-state index in [1.54, 1.807) is 13.2 Å². The van der Waals surface area contributed by atoms with Gasteiger partial charge in [0.15, 0.2) is 0 Å². The number of aryl methyl sites for hydroxylation is 2. The van der Waals surface area contributed by atoms with Gasteiger partial charge in [0.25, 0.3) is 5.69 Å². The van der Waals surface area contributed by atoms with Crippen molar-refractivity contribution in [2.75, 3.05) is 25.1 Å². The molecule has 0 unspecified atom stereocenters. The van der Waals surface area contributed by atoms with Crippen LogP contribution in [0.3, 0.4) is 0 Å². The summed E-state index contributed by atoms with van der Waals surface area (Å²) in [5.41, 5.74) is 2.28. The average molecular weight is 355 g/mol. The highest BCUT2D eigenvalue weighted by Crippen LogP contribution is 2.28. The molecule has 3 rings (SSSR count). The van der Waals surface area contributed by atoms with E-state index in [2.05, 4.69) is 22.0 Å². The molecule has 0 bridgehead atoms. The van der Waals surface area contributed by atoms with Crippen LogP contribution in [0.5, 0.6) is 5.75 Å². The van der Waals surface area contributed by atoms with E-state index in [9.17, 15) is 10.1 Å². The van der Waals surface area contributed by atoms with Crippen molar-refractivity contribution < 1.29 is 9.66 Å². The molecule has 0 atom stereocenters. The van der Waals surface area contributed by atoms with E-state index in [1.807, 2.05) is 19.1 Å². The summed E-state index contributed by atoms with van der Waals surface area (Å²) < 4.78 is 5.20. The number of aromatic nitrogens is 1. The van der Waals surface area contributed by atoms with E-state index in [4.69, 9.17) is 4.74 Å². The molecule has 0 radical (unpaired) electrons. The molecule has 0 aliphatic carbocycles. The molecule has 1 aliphatic heterocycles. The van der Waals surface area contributed by atoms with Gasteiger partial charge in [0.1, 0.15) is 17.8 Å². The Morgan fingerprint density at radius 2 is 1.96 bits per heavy atom. The number of benzene rings is 1. The summed E-state index contributed by atoms with van der Waals surface area (Å²) in [6.07, 6.45) is 5.90. The van der Waals surface area contributed by atoms with Crippen molar-refractivity contribution in [1.82, 2.24) is 4.98 Å². The second-order valence-corrected chi connectivity index (χ2v) is 6.91. The minimum Gasteiger partial charge on any atom is -0.497 e. The van der Waals surface area contributed by atoms with Gasteiger partial charge in [0.2, 0.25) is 0 Å². The molecule has 138 valence electrons. The molecule has 1 fully saturated rings. The Balaban J connectivity index is 1.51. The predicted molar refractivity (Wildman–Crippen MR) is 102 cm³/mol. The summed E-state index contributed by atoms with van der Waals surface area (Å²) in [4.78, 5) is 17.0. The van der Waals surface area contributed by atoms with Crippen molar-refractivity contribution in [2.24, 2.45) is 5.92 Å². The molecule has 1 saturated heterocycles. The zero-order valence-electron chi connectivity index (χ0n) is 15.4. The molecule has 0 amide bonds. The van der Waals surface area contributed by atoms with E-state index in [0.29, 0.717) is 5.92 Å². The molecule has 1 aromatic heterocycles. The fraction of sp³-hybridized carbons (Fsp3) is 0.450. The molecule has 1 aromatic carbocycles. The van der Waals surface area contributed by atoms with Crippen molar-refractivity contribution >= 4 is 11.5 Å². The third kappa shape index (κ3) is 4.31. The number of piperidine rings is 1. The molecule has 0 spiro atoms. The lowest BCUT2D eigenvalue weighted by Crippen LogP contribution is -2.34. The second-order valence-electron chi connectivity index (χ2n) is 6.91. The van der Waals surface area contributed by atoms with Gasteiger partial charge < -0.3 is 9.64 Å². The standard InChI is InChI=1S/C20H25N3O3/c1-15-13-18(23(24)25)14-21-20(15)22-11-9-17(10-12-22)4-3-16-5-7-19(26-2)8-6-16/h5-8,13-14,17H,3-4,9-12H2,1-2H3. The number of methoxy groups -OCH3 is 1. The van der Waals surface area contributed by atoms with Crippen molar-refractivity contribution in [1.29, 1.82) is 0 Å². The molecule has 0 saturated carbocycles. The van der Waals surface area contributed by atoms with Crippen LogP contribution >= 0.6 is 0 Å². The van der Waals surface area contributed by atoms with Gasteiger partial charge in [0, 0.05) is 19.2 Å². The summed E-state index contributed by atoms with van der Waals surface area (Å²) in [5.74, 6) is 2.49. The van der Waals surface area contributed by atoms with Crippen LogP contribution in [0, 0.1) is 23.0 Å². The smallest absolute Gasteiger partial charge is 0.287 e. The average Bonchev–Trinajstić information content (AvgIpc) is 2.67. The summed E-state index contributed by atoms with van der Waals surface area (Å²) >= 11 is 0. The lowest BCUT2D eigenvalue weighted by atomic mass is 9.90. The first-order chi connectivity index (χ1) is 12.6. The molecule has 26 heavy (non-hydrogen) atoms. The van der Waals surface area contributed by atoms with Gasteiger partial charge in [-0.2, -0.15) is 0 Å². The van der Waals surface area contributed by atoms with E-state index in [0.717, 1.165) is 49.5 Å². The van der Waals surface area contributed by atoms with Crippen LogP contribution in [0.2, 0.25) is 0 Å². The van der Waals surface area contributed by atoms with Crippen molar-refractivity contribution in [2.45, 2.75) is 32.6 Å². The van der Waals surface area contributed by atoms with Gasteiger partial charge in [-0.1, -0.05) is 12.1 Å². The van der Waals surface area contributed by atoms with Crippen molar-refractivity contribution in [3.8, 4) is 5.75 Å². The quantitative estimate of drug-likeness (QED) is 0.575. The first-order valence-corrected chi connectivity index (χ1v) is 9.05. The Bertz CT molecular complexity index is 753. The molecule has 2 aromatic rings. The van der Waals surface area contributed by atoms with Crippen LogP contribution < -0.4 is 9.64 Å². The second kappa shape index (κ2) is 8.17. The molecular formula is C20H25N3O3. The van der Waals surface area contributed by atoms with Crippen molar-refractivity contribution in [3.05, 3.63) is 57.8 Å². The Labute approximate surface area is 154 Å².